The molecule has 0 saturated heterocycles. The molecule has 5 nitrogen and oxygen atoms in total. The van der Waals surface area contributed by atoms with E-state index in [2.05, 4.69) is 10.3 Å². The maximum Gasteiger partial charge on any atom is 0.193 e. The Hall–Kier alpha value is -1.32. The topological polar surface area (TPSA) is 53.9 Å². The predicted octanol–water partition coefficient (Wildman–Crippen LogP) is 3.79. The summed E-state index contributed by atoms with van der Waals surface area (Å²) in [4.78, 5) is 6.25. The number of halogens is 2. The van der Waals surface area contributed by atoms with E-state index in [1.807, 2.05) is 54.4 Å². The van der Waals surface area contributed by atoms with Crippen LogP contribution in [-0.2, 0) is 16.6 Å². The molecule has 0 bridgehead atoms. The van der Waals surface area contributed by atoms with Crippen molar-refractivity contribution < 1.29 is 8.95 Å². The van der Waals surface area contributed by atoms with Crippen LogP contribution in [0, 0.1) is 0 Å². The van der Waals surface area contributed by atoms with Crippen molar-refractivity contribution >= 4 is 52.3 Å². The van der Waals surface area contributed by atoms with E-state index in [0.29, 0.717) is 36.2 Å². The smallest absolute Gasteiger partial charge is 0.193 e. The summed E-state index contributed by atoms with van der Waals surface area (Å²) in [7, 11) is 2.78. The summed E-state index contributed by atoms with van der Waals surface area (Å²) in [6.45, 7) is 1.81. The van der Waals surface area contributed by atoms with Crippen molar-refractivity contribution in [3.63, 3.8) is 0 Å². The molecule has 0 spiro atoms. The molecule has 2 aromatic carbocycles. The zero-order chi connectivity index (χ0) is 19.5. The lowest BCUT2D eigenvalue weighted by Gasteiger charge is -2.22. The van der Waals surface area contributed by atoms with Crippen molar-refractivity contribution in [1.29, 1.82) is 0 Å². The minimum atomic E-state index is -0.906. The number of aliphatic imine (C=N–C) groups is 1. The van der Waals surface area contributed by atoms with E-state index >= 15 is 0 Å². The van der Waals surface area contributed by atoms with Crippen LogP contribution in [0.15, 0.2) is 59.6 Å². The fourth-order valence-electron chi connectivity index (χ4n) is 2.43. The number of likely N-dealkylation sites (N-methyl/N-ethyl adjacent to an activating group) is 1. The molecule has 2 aromatic rings. The first-order valence-corrected chi connectivity index (χ1v) is 10.6. The Morgan fingerprint density at radius 3 is 2.50 bits per heavy atom. The summed E-state index contributed by atoms with van der Waals surface area (Å²) in [5.74, 6) is 2.69. The Bertz CT molecular complexity index is 745. The number of nitrogens with zero attached hydrogens (tertiary/aromatic N) is 2. The van der Waals surface area contributed by atoms with Gasteiger partial charge in [-0.25, -0.2) is 0 Å². The highest BCUT2D eigenvalue weighted by Crippen LogP contribution is 2.15. The van der Waals surface area contributed by atoms with Gasteiger partial charge in [0.15, 0.2) is 5.96 Å². The Morgan fingerprint density at radius 1 is 1.18 bits per heavy atom. The lowest BCUT2D eigenvalue weighted by atomic mass is 10.2. The minimum Gasteiger partial charge on any atom is -0.492 e. The highest BCUT2D eigenvalue weighted by molar-refractivity contribution is 14.0. The van der Waals surface area contributed by atoms with Gasteiger partial charge in [-0.3, -0.25) is 9.20 Å². The van der Waals surface area contributed by atoms with Crippen molar-refractivity contribution in [3.8, 4) is 5.75 Å². The summed E-state index contributed by atoms with van der Waals surface area (Å²) >= 11 is 5.86. The second kappa shape index (κ2) is 13.8. The van der Waals surface area contributed by atoms with Crippen molar-refractivity contribution in [2.45, 2.75) is 5.75 Å². The lowest BCUT2D eigenvalue weighted by molar-refractivity contribution is 0.281. The zero-order valence-electron chi connectivity index (χ0n) is 16.1. The summed E-state index contributed by atoms with van der Waals surface area (Å²) in [6, 6.07) is 17.2. The fraction of sp³-hybridized carbons (Fsp3) is 0.350. The molecule has 0 fully saturated rings. The zero-order valence-corrected chi connectivity index (χ0v) is 20.0. The molecular weight excluding hydrogens is 509 g/mol. The van der Waals surface area contributed by atoms with E-state index in [4.69, 9.17) is 16.3 Å². The number of ether oxygens (including phenoxy) is 1. The fourth-order valence-corrected chi connectivity index (χ4v) is 3.60. The monoisotopic (exact) mass is 535 g/mol. The molecule has 1 unspecified atom stereocenters. The summed E-state index contributed by atoms with van der Waals surface area (Å²) in [5, 5.41) is 3.94. The number of hydrogen-bond donors (Lipinski definition) is 1. The van der Waals surface area contributed by atoms with Gasteiger partial charge in [-0.2, -0.15) is 0 Å². The van der Waals surface area contributed by atoms with Crippen molar-refractivity contribution in [1.82, 2.24) is 10.2 Å². The van der Waals surface area contributed by atoms with Gasteiger partial charge in [-0.1, -0.05) is 41.9 Å². The molecule has 0 aromatic heterocycles. The number of rotatable bonds is 9. The van der Waals surface area contributed by atoms with Crippen LogP contribution in [0.1, 0.15) is 5.56 Å². The molecule has 1 atom stereocenters. The SMILES string of the molecule is CN=C(NCCS(=O)Cc1ccccc1)N(C)CCOc1ccc(Cl)cc1.I. The predicted molar refractivity (Wildman–Crippen MR) is 130 cm³/mol. The third-order valence-corrected chi connectivity index (χ3v) is 5.43. The summed E-state index contributed by atoms with van der Waals surface area (Å²) < 4.78 is 17.9. The van der Waals surface area contributed by atoms with E-state index < -0.39 is 10.8 Å². The normalized spacial score (nSPS) is 12.0. The van der Waals surface area contributed by atoms with Crippen LogP contribution >= 0.6 is 35.6 Å². The maximum atomic E-state index is 12.2. The molecule has 28 heavy (non-hydrogen) atoms. The van der Waals surface area contributed by atoms with Gasteiger partial charge in [0.25, 0.3) is 0 Å². The second-order valence-electron chi connectivity index (χ2n) is 5.97. The van der Waals surface area contributed by atoms with Gasteiger partial charge in [0.1, 0.15) is 12.4 Å². The van der Waals surface area contributed by atoms with E-state index in [-0.39, 0.29) is 24.0 Å². The molecule has 0 heterocycles. The van der Waals surface area contributed by atoms with Crippen LogP contribution in [0.2, 0.25) is 5.02 Å². The summed E-state index contributed by atoms with van der Waals surface area (Å²) in [5.41, 5.74) is 1.09. The first-order chi connectivity index (χ1) is 13.1. The summed E-state index contributed by atoms with van der Waals surface area (Å²) in [6.07, 6.45) is 0. The van der Waals surface area contributed by atoms with Gasteiger partial charge in [-0.05, 0) is 29.8 Å². The Kier molecular flexibility index (Phi) is 12.2. The van der Waals surface area contributed by atoms with E-state index in [1.54, 1.807) is 19.2 Å². The van der Waals surface area contributed by atoms with Crippen LogP contribution in [0.3, 0.4) is 0 Å². The molecule has 2 rings (SSSR count). The third kappa shape index (κ3) is 9.25. The van der Waals surface area contributed by atoms with Gasteiger partial charge in [0.05, 0.1) is 6.54 Å². The Balaban J connectivity index is 0.00000392. The largest absolute Gasteiger partial charge is 0.492 e. The van der Waals surface area contributed by atoms with Gasteiger partial charge < -0.3 is 15.0 Å². The number of nitrogens with one attached hydrogen (secondary N) is 1. The molecule has 0 radical (unpaired) electrons. The van der Waals surface area contributed by atoms with Gasteiger partial charge in [0, 0.05) is 48.0 Å². The first-order valence-electron chi connectivity index (χ1n) is 8.77. The molecule has 0 aliphatic rings. The molecule has 0 amide bonds. The van der Waals surface area contributed by atoms with E-state index in [0.717, 1.165) is 17.3 Å². The number of benzene rings is 2. The van der Waals surface area contributed by atoms with Gasteiger partial charge in [-0.15, -0.1) is 24.0 Å². The van der Waals surface area contributed by atoms with Crippen molar-refractivity contribution in [2.24, 2.45) is 4.99 Å². The first kappa shape index (κ1) is 24.7. The van der Waals surface area contributed by atoms with Crippen LogP contribution in [-0.4, -0.2) is 54.6 Å². The lowest BCUT2D eigenvalue weighted by Crippen LogP contribution is -2.42. The minimum absolute atomic E-state index is 0. The number of hydrogen-bond acceptors (Lipinski definition) is 3. The van der Waals surface area contributed by atoms with Gasteiger partial charge >= 0.3 is 0 Å². The van der Waals surface area contributed by atoms with Crippen molar-refractivity contribution in [2.75, 3.05) is 39.5 Å². The van der Waals surface area contributed by atoms with E-state index in [9.17, 15) is 4.21 Å². The van der Waals surface area contributed by atoms with Gasteiger partial charge in [0.2, 0.25) is 0 Å². The molecule has 0 aliphatic carbocycles. The van der Waals surface area contributed by atoms with E-state index in [1.165, 1.54) is 0 Å². The molecular formula is C20H27ClIN3O2S. The third-order valence-electron chi connectivity index (χ3n) is 3.87. The molecule has 154 valence electrons. The Labute approximate surface area is 192 Å². The molecule has 0 aliphatic heterocycles. The van der Waals surface area contributed by atoms with Crippen LogP contribution < -0.4 is 10.1 Å². The highest BCUT2D eigenvalue weighted by Gasteiger charge is 2.07. The van der Waals surface area contributed by atoms with Crippen LogP contribution in [0.4, 0.5) is 0 Å². The second-order valence-corrected chi connectivity index (χ2v) is 7.98. The van der Waals surface area contributed by atoms with Crippen LogP contribution in [0.5, 0.6) is 5.75 Å². The average Bonchev–Trinajstić information content (AvgIpc) is 2.67. The molecule has 0 saturated carbocycles. The average molecular weight is 536 g/mol. The van der Waals surface area contributed by atoms with Crippen molar-refractivity contribution in [3.05, 3.63) is 65.2 Å². The molecule has 1 N–H and O–H groups in total. The maximum absolute atomic E-state index is 12.2. The number of guanidine groups is 1. The standard InChI is InChI=1S/C20H26ClN3O2S.HI/c1-22-20(23-12-15-27(25)16-17-6-4-3-5-7-17)24(2)13-14-26-19-10-8-18(21)9-11-19;/h3-11H,12-16H2,1-2H3,(H,22,23);1H. The molecule has 8 heteroatoms. The quantitative estimate of drug-likeness (QED) is 0.302. The highest BCUT2D eigenvalue weighted by atomic mass is 127. The van der Waals surface area contributed by atoms with Crippen LogP contribution in [0.25, 0.3) is 0 Å². The Morgan fingerprint density at radius 2 is 1.86 bits per heavy atom.